The summed E-state index contributed by atoms with van der Waals surface area (Å²) in [4.78, 5) is 26.2. The number of anilines is 6. The Morgan fingerprint density at radius 3 is 1.76 bits per heavy atom. The van der Waals surface area contributed by atoms with Crippen molar-refractivity contribution < 1.29 is 9.53 Å². The van der Waals surface area contributed by atoms with E-state index >= 15 is 0 Å². The van der Waals surface area contributed by atoms with Gasteiger partial charge in [-0.2, -0.15) is 15.0 Å². The first kappa shape index (κ1) is 26.4. The number of carbonyl (C=O) groups excluding carboxylic acids is 1. The molecule has 0 spiro atoms. The number of rotatable bonds is 10. The number of hydrogen-bond donors (Lipinski definition) is 4. The molecular formula is C29H33N7O2. The smallest absolute Gasteiger partial charge is 0.243 e. The molecule has 0 aliphatic heterocycles. The van der Waals surface area contributed by atoms with Gasteiger partial charge in [-0.3, -0.25) is 4.79 Å². The minimum absolute atomic E-state index is 0.0246. The Balaban J connectivity index is 1.52. The number of nitrogens with zero attached hydrogens (tertiary/aromatic N) is 3. The Labute approximate surface area is 223 Å². The van der Waals surface area contributed by atoms with E-state index in [0.29, 0.717) is 24.2 Å². The van der Waals surface area contributed by atoms with E-state index in [-0.39, 0.29) is 18.4 Å². The quantitative estimate of drug-likeness (QED) is 0.204. The monoisotopic (exact) mass is 511 g/mol. The lowest BCUT2D eigenvalue weighted by molar-refractivity contribution is -0.114. The Bertz CT molecular complexity index is 1350. The highest BCUT2D eigenvalue weighted by atomic mass is 16.5. The highest BCUT2D eigenvalue weighted by Crippen LogP contribution is 2.24. The largest absolute Gasteiger partial charge is 0.494 e. The van der Waals surface area contributed by atoms with Gasteiger partial charge in [0.1, 0.15) is 5.75 Å². The van der Waals surface area contributed by atoms with Crippen molar-refractivity contribution in [3.63, 3.8) is 0 Å². The van der Waals surface area contributed by atoms with Crippen molar-refractivity contribution in [2.45, 2.75) is 34.6 Å². The summed E-state index contributed by atoms with van der Waals surface area (Å²) >= 11 is 0. The molecule has 3 aromatic carbocycles. The minimum atomic E-state index is -0.234. The average Bonchev–Trinajstić information content (AvgIpc) is 2.87. The van der Waals surface area contributed by atoms with E-state index in [1.54, 1.807) is 12.1 Å². The Kier molecular flexibility index (Phi) is 8.37. The first-order chi connectivity index (χ1) is 18.3. The van der Waals surface area contributed by atoms with Gasteiger partial charge in [0.15, 0.2) is 0 Å². The van der Waals surface area contributed by atoms with Crippen LogP contribution in [0.15, 0.2) is 60.7 Å². The van der Waals surface area contributed by atoms with Crippen molar-refractivity contribution in [1.29, 1.82) is 0 Å². The van der Waals surface area contributed by atoms with Crippen LogP contribution in [0.5, 0.6) is 5.75 Å². The molecule has 1 amide bonds. The number of amides is 1. The second-order valence-corrected chi connectivity index (χ2v) is 9.05. The molecule has 38 heavy (non-hydrogen) atoms. The number of hydrogen-bond acceptors (Lipinski definition) is 8. The fourth-order valence-electron chi connectivity index (χ4n) is 3.88. The summed E-state index contributed by atoms with van der Waals surface area (Å²) in [7, 11) is 0. The normalized spacial score (nSPS) is 10.6. The second-order valence-electron chi connectivity index (χ2n) is 9.05. The van der Waals surface area contributed by atoms with Crippen LogP contribution in [-0.4, -0.2) is 34.0 Å². The molecule has 0 radical (unpaired) electrons. The number of ether oxygens (including phenoxy) is 1. The maximum atomic E-state index is 12.6. The topological polar surface area (TPSA) is 113 Å². The van der Waals surface area contributed by atoms with E-state index < -0.39 is 0 Å². The zero-order chi connectivity index (χ0) is 27.1. The number of benzene rings is 3. The zero-order valence-electron chi connectivity index (χ0n) is 22.3. The van der Waals surface area contributed by atoms with Crippen molar-refractivity contribution >= 4 is 40.8 Å². The van der Waals surface area contributed by atoms with Gasteiger partial charge >= 0.3 is 0 Å². The van der Waals surface area contributed by atoms with Crippen LogP contribution in [0.1, 0.15) is 29.2 Å². The SMILES string of the molecule is CCOc1ccc(NC(=O)CNc2nc(Nc3ccc(C)cc3C)nc(Nc3ccc(C)cc3C)n2)cc1. The van der Waals surface area contributed by atoms with Crippen molar-refractivity contribution in [2.24, 2.45) is 0 Å². The average molecular weight is 512 g/mol. The first-order valence-corrected chi connectivity index (χ1v) is 12.5. The molecule has 0 bridgehead atoms. The summed E-state index contributed by atoms with van der Waals surface area (Å²) in [6, 6.07) is 19.4. The molecule has 4 aromatic rings. The van der Waals surface area contributed by atoms with Gasteiger partial charge in [0.05, 0.1) is 13.2 Å². The third-order valence-electron chi connectivity index (χ3n) is 5.75. The Hall–Kier alpha value is -4.66. The van der Waals surface area contributed by atoms with Crippen LogP contribution < -0.4 is 26.0 Å². The van der Waals surface area contributed by atoms with Crippen molar-refractivity contribution in [1.82, 2.24) is 15.0 Å². The summed E-state index contributed by atoms with van der Waals surface area (Å²) in [6.45, 7) is 10.6. The highest BCUT2D eigenvalue weighted by Gasteiger charge is 2.11. The predicted molar refractivity (Wildman–Crippen MR) is 153 cm³/mol. The molecule has 0 aliphatic carbocycles. The summed E-state index contributed by atoms with van der Waals surface area (Å²) < 4.78 is 5.45. The Morgan fingerprint density at radius 2 is 1.26 bits per heavy atom. The third-order valence-corrected chi connectivity index (χ3v) is 5.75. The molecule has 9 nitrogen and oxygen atoms in total. The molecule has 4 rings (SSSR count). The minimum Gasteiger partial charge on any atom is -0.494 e. The highest BCUT2D eigenvalue weighted by molar-refractivity contribution is 5.93. The lowest BCUT2D eigenvalue weighted by Gasteiger charge is -2.14. The van der Waals surface area contributed by atoms with Crippen molar-refractivity contribution in [2.75, 3.05) is 34.4 Å². The van der Waals surface area contributed by atoms with Gasteiger partial charge < -0.3 is 26.0 Å². The molecule has 0 unspecified atom stereocenters. The lowest BCUT2D eigenvalue weighted by atomic mass is 10.1. The van der Waals surface area contributed by atoms with Gasteiger partial charge in [-0.1, -0.05) is 35.4 Å². The van der Waals surface area contributed by atoms with Crippen LogP contribution in [0.25, 0.3) is 0 Å². The third kappa shape index (κ3) is 7.19. The van der Waals surface area contributed by atoms with Gasteiger partial charge in [0, 0.05) is 17.1 Å². The Morgan fingerprint density at radius 1 is 0.737 bits per heavy atom. The van der Waals surface area contributed by atoms with E-state index in [9.17, 15) is 4.79 Å². The van der Waals surface area contributed by atoms with Gasteiger partial charge in [0.25, 0.3) is 0 Å². The van der Waals surface area contributed by atoms with Crippen LogP contribution in [0.3, 0.4) is 0 Å². The second kappa shape index (κ2) is 12.1. The number of nitrogens with one attached hydrogen (secondary N) is 4. The maximum absolute atomic E-state index is 12.6. The molecule has 4 N–H and O–H groups in total. The summed E-state index contributed by atoms with van der Waals surface area (Å²) in [5.41, 5.74) is 6.92. The zero-order valence-corrected chi connectivity index (χ0v) is 22.3. The summed E-state index contributed by atoms with van der Waals surface area (Å²) in [6.07, 6.45) is 0. The molecule has 0 saturated heterocycles. The van der Waals surface area contributed by atoms with Gasteiger partial charge in [0.2, 0.25) is 23.8 Å². The summed E-state index contributed by atoms with van der Waals surface area (Å²) in [5.74, 6) is 1.49. The standard InChI is InChI=1S/C29H33N7O2/c1-6-38-23-11-9-22(10-12-23)31-26(37)17-30-27-34-28(32-24-13-7-18(2)15-20(24)4)36-29(35-27)33-25-14-8-19(3)16-21(25)5/h7-16H,6,17H2,1-5H3,(H,31,37)(H3,30,32,33,34,35,36). The summed E-state index contributed by atoms with van der Waals surface area (Å²) in [5, 5.41) is 12.4. The molecule has 1 heterocycles. The molecular weight excluding hydrogens is 478 g/mol. The van der Waals surface area contributed by atoms with E-state index in [0.717, 1.165) is 28.3 Å². The van der Waals surface area contributed by atoms with E-state index in [2.05, 4.69) is 48.4 Å². The molecule has 0 saturated carbocycles. The van der Waals surface area contributed by atoms with Gasteiger partial charge in [-0.25, -0.2) is 0 Å². The fourth-order valence-corrected chi connectivity index (χ4v) is 3.88. The van der Waals surface area contributed by atoms with Gasteiger partial charge in [-0.15, -0.1) is 0 Å². The van der Waals surface area contributed by atoms with Crippen molar-refractivity contribution in [3.8, 4) is 5.75 Å². The molecule has 0 aliphatic rings. The number of carbonyl (C=O) groups is 1. The fraction of sp³-hybridized carbons (Fsp3) is 0.241. The van der Waals surface area contributed by atoms with Crippen LogP contribution in [0.2, 0.25) is 0 Å². The molecule has 196 valence electrons. The number of aromatic nitrogens is 3. The number of aryl methyl sites for hydroxylation is 4. The lowest BCUT2D eigenvalue weighted by Crippen LogP contribution is -2.23. The predicted octanol–water partition coefficient (Wildman–Crippen LogP) is 6.04. The molecule has 1 aromatic heterocycles. The molecule has 9 heteroatoms. The van der Waals surface area contributed by atoms with E-state index in [1.165, 1.54) is 11.1 Å². The van der Waals surface area contributed by atoms with Gasteiger partial charge in [-0.05, 0) is 82.1 Å². The van der Waals surface area contributed by atoms with Crippen LogP contribution in [0, 0.1) is 27.7 Å². The molecule has 0 fully saturated rings. The maximum Gasteiger partial charge on any atom is 0.243 e. The first-order valence-electron chi connectivity index (χ1n) is 12.5. The van der Waals surface area contributed by atoms with Crippen molar-refractivity contribution in [3.05, 3.63) is 82.9 Å². The van der Waals surface area contributed by atoms with E-state index in [1.807, 2.05) is 71.0 Å². The molecule has 0 atom stereocenters. The van der Waals surface area contributed by atoms with Crippen LogP contribution in [-0.2, 0) is 4.79 Å². The van der Waals surface area contributed by atoms with Crippen LogP contribution in [0.4, 0.5) is 34.9 Å². The van der Waals surface area contributed by atoms with Crippen LogP contribution >= 0.6 is 0 Å². The van der Waals surface area contributed by atoms with E-state index in [4.69, 9.17) is 4.74 Å².